The Bertz CT molecular complexity index is 929. The summed E-state index contributed by atoms with van der Waals surface area (Å²) in [5.74, 6) is 1.11. The number of benzene rings is 2. The van der Waals surface area contributed by atoms with Crippen molar-refractivity contribution >= 4 is 20.8 Å². The van der Waals surface area contributed by atoms with Gasteiger partial charge in [-0.1, -0.05) is 24.3 Å². The van der Waals surface area contributed by atoms with E-state index in [1.807, 2.05) is 25.1 Å². The van der Waals surface area contributed by atoms with Gasteiger partial charge in [-0.3, -0.25) is 0 Å². The Morgan fingerprint density at radius 2 is 1.86 bits per heavy atom. The number of aromatic nitrogens is 2. The Morgan fingerprint density at radius 1 is 1.14 bits per heavy atom. The normalized spacial score (nSPS) is 11.7. The number of hydrogen-bond acceptors (Lipinski definition) is 4. The van der Waals surface area contributed by atoms with E-state index < -0.39 is 10.0 Å². The minimum atomic E-state index is -3.69. The van der Waals surface area contributed by atoms with Crippen LogP contribution in [0.25, 0.3) is 10.8 Å². The van der Waals surface area contributed by atoms with E-state index in [4.69, 9.17) is 4.74 Å². The predicted molar refractivity (Wildman–Crippen MR) is 84.7 cm³/mol. The molecule has 0 spiro atoms. The maximum Gasteiger partial charge on any atom is 0.269 e. The van der Waals surface area contributed by atoms with Gasteiger partial charge in [-0.25, -0.2) is 17.4 Å². The summed E-state index contributed by atoms with van der Waals surface area (Å²) in [6.07, 6.45) is 2.93. The van der Waals surface area contributed by atoms with Crippen LogP contribution in [0.3, 0.4) is 0 Å². The van der Waals surface area contributed by atoms with E-state index in [1.165, 1.54) is 16.4 Å². The summed E-state index contributed by atoms with van der Waals surface area (Å²) < 4.78 is 32.5. The molecule has 1 aromatic heterocycles. The van der Waals surface area contributed by atoms with Crippen LogP contribution in [0.2, 0.25) is 0 Å². The van der Waals surface area contributed by atoms with E-state index in [1.54, 1.807) is 25.1 Å². The number of ether oxygens (including phenoxy) is 1. The number of rotatable bonds is 4. The zero-order valence-electron chi connectivity index (χ0n) is 12.4. The second-order valence-corrected chi connectivity index (χ2v) is 6.60. The number of nitrogens with zero attached hydrogens (tertiary/aromatic N) is 2. The first-order valence-electron chi connectivity index (χ1n) is 6.95. The summed E-state index contributed by atoms with van der Waals surface area (Å²) >= 11 is 0. The highest BCUT2D eigenvalue weighted by Crippen LogP contribution is 2.32. The van der Waals surface area contributed by atoms with Crippen molar-refractivity contribution in [1.82, 2.24) is 8.96 Å². The number of aryl methyl sites for hydroxylation is 1. The molecule has 5 nitrogen and oxygen atoms in total. The molecule has 1 heterocycles. The number of fused-ring (bicyclic) bond motifs is 1. The molecule has 3 rings (SSSR count). The predicted octanol–water partition coefficient (Wildman–Crippen LogP) is 2.98. The minimum Gasteiger partial charge on any atom is -0.493 e. The molecule has 0 aliphatic heterocycles. The zero-order chi connectivity index (χ0) is 15.7. The molecular weight excluding hydrogens is 300 g/mol. The van der Waals surface area contributed by atoms with Crippen LogP contribution in [0.1, 0.15) is 12.7 Å². The largest absolute Gasteiger partial charge is 0.493 e. The number of hydrogen-bond donors (Lipinski definition) is 0. The lowest BCUT2D eigenvalue weighted by Gasteiger charge is -2.13. The van der Waals surface area contributed by atoms with Crippen LogP contribution in [0.15, 0.2) is 53.7 Å². The van der Waals surface area contributed by atoms with Gasteiger partial charge in [0.25, 0.3) is 10.0 Å². The van der Waals surface area contributed by atoms with E-state index in [-0.39, 0.29) is 4.90 Å². The summed E-state index contributed by atoms with van der Waals surface area (Å²) in [5.41, 5.74) is 0. The van der Waals surface area contributed by atoms with Crippen LogP contribution in [0, 0.1) is 6.92 Å². The van der Waals surface area contributed by atoms with Crippen LogP contribution >= 0.6 is 0 Å². The van der Waals surface area contributed by atoms with Gasteiger partial charge >= 0.3 is 0 Å². The highest BCUT2D eigenvalue weighted by molar-refractivity contribution is 7.90. The van der Waals surface area contributed by atoms with Gasteiger partial charge in [-0.05, 0) is 26.0 Å². The fourth-order valence-electron chi connectivity index (χ4n) is 2.48. The lowest BCUT2D eigenvalue weighted by Crippen LogP contribution is -2.14. The molecule has 0 unspecified atom stereocenters. The minimum absolute atomic E-state index is 0.243. The zero-order valence-corrected chi connectivity index (χ0v) is 13.2. The third-order valence-electron chi connectivity index (χ3n) is 3.46. The fraction of sp³-hybridized carbons (Fsp3) is 0.188. The van der Waals surface area contributed by atoms with Crippen molar-refractivity contribution in [3.63, 3.8) is 0 Å². The summed E-state index contributed by atoms with van der Waals surface area (Å²) in [6.45, 7) is 4.08. The van der Waals surface area contributed by atoms with Gasteiger partial charge in [-0.2, -0.15) is 0 Å². The van der Waals surface area contributed by atoms with E-state index >= 15 is 0 Å². The van der Waals surface area contributed by atoms with Gasteiger partial charge in [0.15, 0.2) is 0 Å². The maximum absolute atomic E-state index is 12.9. The van der Waals surface area contributed by atoms with E-state index in [0.717, 1.165) is 5.39 Å². The van der Waals surface area contributed by atoms with E-state index in [2.05, 4.69) is 4.98 Å². The summed E-state index contributed by atoms with van der Waals surface area (Å²) in [7, 11) is -3.69. The molecule has 0 N–H and O–H groups in total. The molecule has 3 aromatic rings. The van der Waals surface area contributed by atoms with E-state index in [0.29, 0.717) is 23.6 Å². The fourth-order valence-corrected chi connectivity index (χ4v) is 3.99. The van der Waals surface area contributed by atoms with E-state index in [9.17, 15) is 8.42 Å². The second kappa shape index (κ2) is 5.46. The van der Waals surface area contributed by atoms with Crippen molar-refractivity contribution < 1.29 is 13.2 Å². The Labute approximate surface area is 129 Å². The highest BCUT2D eigenvalue weighted by atomic mass is 32.2. The van der Waals surface area contributed by atoms with Crippen molar-refractivity contribution in [3.05, 3.63) is 54.6 Å². The SMILES string of the molecule is CCOc1ccc(S(=O)(=O)n2ccnc2C)c2ccccc12. The van der Waals surface area contributed by atoms with Crippen molar-refractivity contribution in [3.8, 4) is 5.75 Å². The van der Waals surface area contributed by atoms with Crippen molar-refractivity contribution in [2.45, 2.75) is 18.7 Å². The summed E-state index contributed by atoms with van der Waals surface area (Å²) in [5, 5.41) is 1.42. The first kappa shape index (κ1) is 14.6. The molecule has 22 heavy (non-hydrogen) atoms. The first-order valence-corrected chi connectivity index (χ1v) is 8.39. The molecule has 0 fully saturated rings. The lowest BCUT2D eigenvalue weighted by molar-refractivity contribution is 0.344. The molecule has 0 saturated carbocycles. The van der Waals surface area contributed by atoms with Gasteiger partial charge in [0.1, 0.15) is 11.6 Å². The number of imidazole rings is 1. The van der Waals surface area contributed by atoms with Crippen molar-refractivity contribution in [2.75, 3.05) is 6.61 Å². The third kappa shape index (κ3) is 2.25. The van der Waals surface area contributed by atoms with Crippen LogP contribution in [0.4, 0.5) is 0 Å². The lowest BCUT2D eigenvalue weighted by atomic mass is 10.1. The van der Waals surface area contributed by atoms with Crippen LogP contribution < -0.4 is 4.74 Å². The van der Waals surface area contributed by atoms with Gasteiger partial charge in [-0.15, -0.1) is 0 Å². The molecule has 0 aliphatic carbocycles. The molecule has 0 bridgehead atoms. The summed E-state index contributed by atoms with van der Waals surface area (Å²) in [4.78, 5) is 4.24. The molecule has 0 radical (unpaired) electrons. The quantitative estimate of drug-likeness (QED) is 0.742. The van der Waals surface area contributed by atoms with Gasteiger partial charge in [0.2, 0.25) is 0 Å². The first-order chi connectivity index (χ1) is 10.6. The van der Waals surface area contributed by atoms with Gasteiger partial charge in [0.05, 0.1) is 11.5 Å². The Kier molecular flexibility index (Phi) is 3.62. The molecule has 0 saturated heterocycles. The second-order valence-electron chi connectivity index (χ2n) is 4.82. The smallest absolute Gasteiger partial charge is 0.269 e. The Hall–Kier alpha value is -2.34. The highest BCUT2D eigenvalue weighted by Gasteiger charge is 2.22. The topological polar surface area (TPSA) is 61.2 Å². The van der Waals surface area contributed by atoms with Crippen LogP contribution in [-0.4, -0.2) is 24.0 Å². The van der Waals surface area contributed by atoms with Crippen LogP contribution in [-0.2, 0) is 10.0 Å². The molecule has 0 amide bonds. The molecular formula is C16H16N2O3S. The molecule has 114 valence electrons. The molecule has 6 heteroatoms. The average molecular weight is 316 g/mol. The molecule has 0 aliphatic rings. The molecule has 0 atom stereocenters. The monoisotopic (exact) mass is 316 g/mol. The Morgan fingerprint density at radius 3 is 2.50 bits per heavy atom. The Balaban J connectivity index is 2.29. The van der Waals surface area contributed by atoms with Crippen molar-refractivity contribution in [1.29, 1.82) is 0 Å². The third-order valence-corrected chi connectivity index (χ3v) is 5.28. The summed E-state index contributed by atoms with van der Waals surface area (Å²) in [6, 6.07) is 10.6. The maximum atomic E-state index is 12.9. The average Bonchev–Trinajstić information content (AvgIpc) is 2.94. The van der Waals surface area contributed by atoms with Crippen LogP contribution in [0.5, 0.6) is 5.75 Å². The molecule has 2 aromatic carbocycles. The van der Waals surface area contributed by atoms with Crippen molar-refractivity contribution in [2.24, 2.45) is 0 Å². The van der Waals surface area contributed by atoms with Gasteiger partial charge in [0, 0.05) is 23.2 Å². The van der Waals surface area contributed by atoms with Gasteiger partial charge < -0.3 is 4.74 Å². The standard InChI is InChI=1S/C16H16N2O3S/c1-3-21-15-8-9-16(14-7-5-4-6-13(14)15)22(19,20)18-11-10-17-12(18)2/h4-11H,3H2,1-2H3.